The highest BCUT2D eigenvalue weighted by Crippen LogP contribution is 2.27. The van der Waals surface area contributed by atoms with E-state index >= 15 is 0 Å². The van der Waals surface area contributed by atoms with E-state index in [1.54, 1.807) is 6.92 Å². The van der Waals surface area contributed by atoms with Crippen molar-refractivity contribution >= 4 is 16.9 Å². The highest BCUT2D eigenvalue weighted by molar-refractivity contribution is 5.99. The highest BCUT2D eigenvalue weighted by atomic mass is 16.3. The molecule has 0 aliphatic heterocycles. The average Bonchev–Trinajstić information content (AvgIpc) is 2.90. The van der Waals surface area contributed by atoms with Gasteiger partial charge >= 0.3 is 0 Å². The fourth-order valence-corrected chi connectivity index (χ4v) is 2.71. The molecule has 0 radical (unpaired) electrons. The van der Waals surface area contributed by atoms with Gasteiger partial charge in [0.1, 0.15) is 5.58 Å². The normalized spacial score (nSPS) is 15.5. The first-order valence-electron chi connectivity index (χ1n) is 8.42. The molecular formula is C19H28N2O3. The van der Waals surface area contributed by atoms with E-state index in [4.69, 9.17) is 4.42 Å². The summed E-state index contributed by atoms with van der Waals surface area (Å²) in [6.45, 7) is 6.56. The molecule has 5 heteroatoms. The first kappa shape index (κ1) is 18.5. The monoisotopic (exact) mass is 332 g/mol. The van der Waals surface area contributed by atoms with Crippen LogP contribution < -0.4 is 5.32 Å². The van der Waals surface area contributed by atoms with E-state index in [1.807, 2.05) is 57.1 Å². The lowest BCUT2D eigenvalue weighted by Gasteiger charge is -2.29. The first-order chi connectivity index (χ1) is 11.3. The van der Waals surface area contributed by atoms with Gasteiger partial charge in [-0.3, -0.25) is 4.79 Å². The summed E-state index contributed by atoms with van der Waals surface area (Å²) in [4.78, 5) is 14.6. The van der Waals surface area contributed by atoms with Crippen LogP contribution in [0.15, 0.2) is 28.7 Å². The third kappa shape index (κ3) is 3.97. The van der Waals surface area contributed by atoms with Crippen LogP contribution in [-0.2, 0) is 6.54 Å². The average molecular weight is 332 g/mol. The number of benzene rings is 1. The Morgan fingerprint density at radius 1 is 1.38 bits per heavy atom. The first-order valence-corrected chi connectivity index (χ1v) is 8.42. The number of hydrogen-bond acceptors (Lipinski definition) is 4. The molecule has 0 saturated carbocycles. The summed E-state index contributed by atoms with van der Waals surface area (Å²) in [5.74, 6) is 0.131. The number of hydrogen-bond donors (Lipinski definition) is 2. The number of rotatable bonds is 7. The van der Waals surface area contributed by atoms with Gasteiger partial charge in [0.25, 0.3) is 5.91 Å². The molecule has 1 aromatic heterocycles. The van der Waals surface area contributed by atoms with E-state index in [0.29, 0.717) is 17.9 Å². The Kier molecular flexibility index (Phi) is 5.67. The fraction of sp³-hybridized carbons (Fsp3) is 0.526. The summed E-state index contributed by atoms with van der Waals surface area (Å²) in [5.41, 5.74) is 0.627. The van der Waals surface area contributed by atoms with Crippen molar-refractivity contribution in [2.75, 3.05) is 20.6 Å². The highest BCUT2D eigenvalue weighted by Gasteiger charge is 2.29. The molecule has 0 fully saturated rings. The fourth-order valence-electron chi connectivity index (χ4n) is 2.71. The number of aliphatic hydroxyl groups is 1. The number of para-hydroxylation sites is 1. The van der Waals surface area contributed by atoms with E-state index in [1.165, 1.54) is 0 Å². The molecule has 0 spiro atoms. The molecule has 1 heterocycles. The standard InChI is InChI=1S/C19H28N2O3/c1-6-13(2)19(3,23)12-20-18(22)17-15(11-21(4)5)14-9-7-8-10-16(14)24-17/h7-10,13,23H,6,11-12H2,1-5H3,(H,20,22). The molecule has 1 aromatic carbocycles. The molecule has 0 saturated heterocycles. The summed E-state index contributed by atoms with van der Waals surface area (Å²) in [6, 6.07) is 7.65. The van der Waals surface area contributed by atoms with E-state index in [-0.39, 0.29) is 18.4 Å². The number of amides is 1. The molecule has 2 N–H and O–H groups in total. The molecule has 24 heavy (non-hydrogen) atoms. The molecule has 2 rings (SSSR count). The minimum absolute atomic E-state index is 0.0923. The van der Waals surface area contributed by atoms with Crippen LogP contribution in [0, 0.1) is 5.92 Å². The number of fused-ring (bicyclic) bond motifs is 1. The van der Waals surface area contributed by atoms with E-state index in [2.05, 4.69) is 5.32 Å². The molecule has 132 valence electrons. The van der Waals surface area contributed by atoms with Gasteiger partial charge in [0.2, 0.25) is 0 Å². The maximum atomic E-state index is 12.6. The maximum absolute atomic E-state index is 12.6. The Hall–Kier alpha value is -1.85. The van der Waals surface area contributed by atoms with E-state index in [0.717, 1.165) is 17.4 Å². The number of nitrogens with zero attached hydrogens (tertiary/aromatic N) is 1. The Morgan fingerprint density at radius 2 is 2.04 bits per heavy atom. The summed E-state index contributed by atoms with van der Waals surface area (Å²) in [5, 5.41) is 14.3. The van der Waals surface area contributed by atoms with Crippen LogP contribution in [-0.4, -0.2) is 42.2 Å². The predicted octanol–water partition coefficient (Wildman–Crippen LogP) is 3.02. The zero-order valence-electron chi connectivity index (χ0n) is 15.2. The third-order valence-electron chi connectivity index (χ3n) is 4.66. The van der Waals surface area contributed by atoms with Crippen LogP contribution in [0.2, 0.25) is 0 Å². The zero-order chi connectivity index (χ0) is 17.9. The van der Waals surface area contributed by atoms with Gasteiger partial charge in [-0.05, 0) is 33.0 Å². The molecule has 0 aliphatic carbocycles. The summed E-state index contributed by atoms with van der Waals surface area (Å²) in [7, 11) is 3.91. The van der Waals surface area contributed by atoms with Gasteiger partial charge in [0.15, 0.2) is 5.76 Å². The summed E-state index contributed by atoms with van der Waals surface area (Å²) >= 11 is 0. The van der Waals surface area contributed by atoms with E-state index in [9.17, 15) is 9.90 Å². The predicted molar refractivity (Wildman–Crippen MR) is 96.0 cm³/mol. The largest absolute Gasteiger partial charge is 0.451 e. The lowest BCUT2D eigenvalue weighted by atomic mass is 9.88. The van der Waals surface area contributed by atoms with Gasteiger partial charge in [-0.2, -0.15) is 0 Å². The van der Waals surface area contributed by atoms with Crippen molar-refractivity contribution in [3.8, 4) is 0 Å². The lowest BCUT2D eigenvalue weighted by molar-refractivity contribution is 0.00568. The van der Waals surface area contributed by atoms with Gasteiger partial charge in [-0.1, -0.05) is 38.5 Å². The van der Waals surface area contributed by atoms with Crippen LogP contribution >= 0.6 is 0 Å². The third-order valence-corrected chi connectivity index (χ3v) is 4.66. The molecule has 0 aliphatic rings. The zero-order valence-corrected chi connectivity index (χ0v) is 15.2. The number of furan rings is 1. The van der Waals surface area contributed by atoms with Gasteiger partial charge in [-0.15, -0.1) is 0 Å². The van der Waals surface area contributed by atoms with Crippen molar-refractivity contribution in [3.63, 3.8) is 0 Å². The summed E-state index contributed by atoms with van der Waals surface area (Å²) in [6.07, 6.45) is 0.847. The van der Waals surface area contributed by atoms with E-state index < -0.39 is 5.60 Å². The van der Waals surface area contributed by atoms with Crippen molar-refractivity contribution in [1.82, 2.24) is 10.2 Å². The lowest BCUT2D eigenvalue weighted by Crippen LogP contribution is -2.45. The second kappa shape index (κ2) is 7.36. The molecule has 2 aromatic rings. The van der Waals surface area contributed by atoms with Crippen LogP contribution in [0.5, 0.6) is 0 Å². The molecule has 0 bridgehead atoms. The second-order valence-corrected chi connectivity index (χ2v) is 6.99. The molecular weight excluding hydrogens is 304 g/mol. The van der Waals surface area contributed by atoms with Crippen molar-refractivity contribution in [3.05, 3.63) is 35.6 Å². The van der Waals surface area contributed by atoms with Crippen LogP contribution in [0.25, 0.3) is 11.0 Å². The number of carbonyl (C=O) groups is 1. The van der Waals surface area contributed by atoms with Crippen molar-refractivity contribution in [2.24, 2.45) is 5.92 Å². The Bertz CT molecular complexity index is 704. The number of carbonyl (C=O) groups excluding carboxylic acids is 1. The van der Waals surface area contributed by atoms with Gasteiger partial charge in [0.05, 0.1) is 5.60 Å². The quantitative estimate of drug-likeness (QED) is 0.818. The van der Waals surface area contributed by atoms with Gasteiger partial charge < -0.3 is 19.7 Å². The van der Waals surface area contributed by atoms with Crippen molar-refractivity contribution < 1.29 is 14.3 Å². The molecule has 2 atom stereocenters. The van der Waals surface area contributed by atoms with Crippen LogP contribution in [0.1, 0.15) is 43.3 Å². The Balaban J connectivity index is 2.26. The number of nitrogens with one attached hydrogen (secondary N) is 1. The van der Waals surface area contributed by atoms with Crippen LogP contribution in [0.3, 0.4) is 0 Å². The van der Waals surface area contributed by atoms with Crippen molar-refractivity contribution in [1.29, 1.82) is 0 Å². The molecule has 2 unspecified atom stereocenters. The van der Waals surface area contributed by atoms with Gasteiger partial charge in [-0.25, -0.2) is 0 Å². The minimum Gasteiger partial charge on any atom is -0.451 e. The molecule has 1 amide bonds. The Morgan fingerprint density at radius 3 is 2.67 bits per heavy atom. The Labute approximate surface area is 143 Å². The smallest absolute Gasteiger partial charge is 0.287 e. The van der Waals surface area contributed by atoms with Gasteiger partial charge in [0, 0.05) is 24.0 Å². The minimum atomic E-state index is -0.946. The molecule has 5 nitrogen and oxygen atoms in total. The topological polar surface area (TPSA) is 65.7 Å². The maximum Gasteiger partial charge on any atom is 0.287 e. The van der Waals surface area contributed by atoms with Crippen molar-refractivity contribution in [2.45, 2.75) is 39.3 Å². The SMILES string of the molecule is CCC(C)C(C)(O)CNC(=O)c1oc2ccccc2c1CN(C)C. The summed E-state index contributed by atoms with van der Waals surface area (Å²) < 4.78 is 5.79. The second-order valence-electron chi connectivity index (χ2n) is 6.99. The van der Waals surface area contributed by atoms with Crippen LogP contribution in [0.4, 0.5) is 0 Å².